The quantitative estimate of drug-likeness (QED) is 0.664. The molecule has 2 atom stereocenters. The fourth-order valence-corrected chi connectivity index (χ4v) is 2.17. The highest BCUT2D eigenvalue weighted by Crippen LogP contribution is 2.16. The van der Waals surface area contributed by atoms with Gasteiger partial charge in [0.1, 0.15) is 0 Å². The highest BCUT2D eigenvalue weighted by Gasteiger charge is 2.24. The normalized spacial score (nSPS) is 26.7. The first kappa shape index (κ1) is 11.6. The average molecular weight is 194 g/mol. The first-order valence-electron chi connectivity index (χ1n) is 5.67. The van der Waals surface area contributed by atoms with Gasteiger partial charge in [0.15, 0.2) is 0 Å². The molecule has 0 aromatic carbocycles. The third-order valence-corrected chi connectivity index (χ3v) is 3.04. The van der Waals surface area contributed by atoms with Crippen LogP contribution in [0.2, 0.25) is 0 Å². The van der Waals surface area contributed by atoms with Gasteiger partial charge in [0.05, 0.1) is 6.54 Å². The van der Waals surface area contributed by atoms with E-state index in [4.69, 9.17) is 6.42 Å². The second kappa shape index (κ2) is 6.06. The van der Waals surface area contributed by atoms with Crippen LogP contribution in [0.1, 0.15) is 26.7 Å². The Morgan fingerprint density at radius 2 is 2.36 bits per heavy atom. The van der Waals surface area contributed by atoms with Crippen LogP contribution in [-0.4, -0.2) is 37.1 Å². The van der Waals surface area contributed by atoms with Gasteiger partial charge in [-0.3, -0.25) is 4.90 Å². The molecule has 14 heavy (non-hydrogen) atoms. The molecule has 0 bridgehead atoms. The van der Waals surface area contributed by atoms with E-state index in [1.54, 1.807) is 0 Å². The summed E-state index contributed by atoms with van der Waals surface area (Å²) in [7, 11) is 0. The zero-order chi connectivity index (χ0) is 10.4. The van der Waals surface area contributed by atoms with Crippen LogP contribution in [-0.2, 0) is 0 Å². The van der Waals surface area contributed by atoms with E-state index in [0.717, 1.165) is 25.6 Å². The largest absolute Gasteiger partial charge is 0.314 e. The molecule has 0 saturated carbocycles. The SMILES string of the molecule is C#CCN(CCC)CC1CCNC1C. The molecule has 1 fully saturated rings. The van der Waals surface area contributed by atoms with Crippen LogP contribution in [0.5, 0.6) is 0 Å². The summed E-state index contributed by atoms with van der Waals surface area (Å²) in [6.07, 6.45) is 7.85. The zero-order valence-corrected chi connectivity index (χ0v) is 9.42. The Bertz CT molecular complexity index is 195. The number of nitrogens with one attached hydrogen (secondary N) is 1. The zero-order valence-electron chi connectivity index (χ0n) is 9.42. The average Bonchev–Trinajstić information content (AvgIpc) is 2.53. The molecule has 1 heterocycles. The maximum absolute atomic E-state index is 5.36. The summed E-state index contributed by atoms with van der Waals surface area (Å²) < 4.78 is 0. The van der Waals surface area contributed by atoms with Crippen LogP contribution in [0.25, 0.3) is 0 Å². The molecule has 0 aromatic rings. The number of terminal acetylenes is 1. The Morgan fingerprint density at radius 1 is 1.57 bits per heavy atom. The highest BCUT2D eigenvalue weighted by molar-refractivity contribution is 4.90. The van der Waals surface area contributed by atoms with Gasteiger partial charge in [-0.1, -0.05) is 12.8 Å². The summed E-state index contributed by atoms with van der Waals surface area (Å²) in [5, 5.41) is 3.48. The molecule has 1 saturated heterocycles. The smallest absolute Gasteiger partial charge is 0.0599 e. The summed E-state index contributed by atoms with van der Waals surface area (Å²) in [5.74, 6) is 3.53. The van der Waals surface area contributed by atoms with E-state index in [0.29, 0.717) is 6.04 Å². The molecule has 0 aliphatic carbocycles. The molecule has 80 valence electrons. The van der Waals surface area contributed by atoms with E-state index in [2.05, 4.69) is 30.0 Å². The van der Waals surface area contributed by atoms with Crippen molar-refractivity contribution in [2.45, 2.75) is 32.7 Å². The maximum Gasteiger partial charge on any atom is 0.0599 e. The van der Waals surface area contributed by atoms with E-state index in [-0.39, 0.29) is 0 Å². The minimum Gasteiger partial charge on any atom is -0.314 e. The predicted octanol–water partition coefficient (Wildman–Crippen LogP) is 1.33. The van der Waals surface area contributed by atoms with E-state index >= 15 is 0 Å². The minimum absolute atomic E-state index is 0.659. The van der Waals surface area contributed by atoms with Gasteiger partial charge in [0, 0.05) is 12.6 Å². The third kappa shape index (κ3) is 3.32. The molecular formula is C12H22N2. The van der Waals surface area contributed by atoms with Crippen LogP contribution in [0.4, 0.5) is 0 Å². The molecule has 1 N–H and O–H groups in total. The molecular weight excluding hydrogens is 172 g/mol. The highest BCUT2D eigenvalue weighted by atomic mass is 15.1. The van der Waals surface area contributed by atoms with Crippen molar-refractivity contribution in [1.29, 1.82) is 0 Å². The Morgan fingerprint density at radius 3 is 2.86 bits per heavy atom. The predicted molar refractivity (Wildman–Crippen MR) is 61.1 cm³/mol. The van der Waals surface area contributed by atoms with Gasteiger partial charge >= 0.3 is 0 Å². The van der Waals surface area contributed by atoms with Crippen LogP contribution < -0.4 is 5.32 Å². The summed E-state index contributed by atoms with van der Waals surface area (Å²) in [6, 6.07) is 0.659. The molecule has 1 aliphatic rings. The summed E-state index contributed by atoms with van der Waals surface area (Å²) in [4.78, 5) is 2.40. The molecule has 2 heteroatoms. The molecule has 1 aliphatic heterocycles. The molecule has 1 rings (SSSR count). The standard InChI is InChI=1S/C12H22N2/c1-4-8-14(9-5-2)10-12-6-7-13-11(12)3/h1,11-13H,5-10H2,2-3H3. The third-order valence-electron chi connectivity index (χ3n) is 3.04. The van der Waals surface area contributed by atoms with Gasteiger partial charge < -0.3 is 5.32 Å². The van der Waals surface area contributed by atoms with Crippen LogP contribution in [0.15, 0.2) is 0 Å². The lowest BCUT2D eigenvalue weighted by molar-refractivity contribution is 0.247. The topological polar surface area (TPSA) is 15.3 Å². The van der Waals surface area contributed by atoms with Crippen LogP contribution in [0, 0.1) is 18.3 Å². The van der Waals surface area contributed by atoms with Gasteiger partial charge in [0.2, 0.25) is 0 Å². The van der Waals surface area contributed by atoms with E-state index < -0.39 is 0 Å². The lowest BCUT2D eigenvalue weighted by Gasteiger charge is -2.24. The molecule has 2 unspecified atom stereocenters. The van der Waals surface area contributed by atoms with Crippen LogP contribution in [0.3, 0.4) is 0 Å². The lowest BCUT2D eigenvalue weighted by Crippen LogP contribution is -2.35. The number of hydrogen-bond acceptors (Lipinski definition) is 2. The van der Waals surface area contributed by atoms with Crippen molar-refractivity contribution < 1.29 is 0 Å². The minimum atomic E-state index is 0.659. The number of nitrogens with zero attached hydrogens (tertiary/aromatic N) is 1. The molecule has 2 nitrogen and oxygen atoms in total. The summed E-state index contributed by atoms with van der Waals surface area (Å²) in [6.45, 7) is 8.75. The second-order valence-electron chi connectivity index (χ2n) is 4.23. The fraction of sp³-hybridized carbons (Fsp3) is 0.833. The van der Waals surface area contributed by atoms with Crippen molar-refractivity contribution in [3.63, 3.8) is 0 Å². The maximum atomic E-state index is 5.36. The van der Waals surface area contributed by atoms with E-state index in [9.17, 15) is 0 Å². The van der Waals surface area contributed by atoms with Crippen LogP contribution >= 0.6 is 0 Å². The van der Waals surface area contributed by atoms with E-state index in [1.807, 2.05) is 0 Å². The van der Waals surface area contributed by atoms with Gasteiger partial charge in [-0.2, -0.15) is 0 Å². The number of hydrogen-bond donors (Lipinski definition) is 1. The molecule has 0 radical (unpaired) electrons. The van der Waals surface area contributed by atoms with Crippen molar-refractivity contribution in [3.8, 4) is 12.3 Å². The van der Waals surface area contributed by atoms with Gasteiger partial charge in [-0.15, -0.1) is 6.42 Å². The van der Waals surface area contributed by atoms with Crippen molar-refractivity contribution in [3.05, 3.63) is 0 Å². The van der Waals surface area contributed by atoms with Crippen molar-refractivity contribution in [2.75, 3.05) is 26.2 Å². The monoisotopic (exact) mass is 194 g/mol. The van der Waals surface area contributed by atoms with Gasteiger partial charge in [0.25, 0.3) is 0 Å². The first-order chi connectivity index (χ1) is 6.77. The van der Waals surface area contributed by atoms with Crippen molar-refractivity contribution in [2.24, 2.45) is 5.92 Å². The molecule has 0 spiro atoms. The van der Waals surface area contributed by atoms with Crippen molar-refractivity contribution >= 4 is 0 Å². The first-order valence-corrected chi connectivity index (χ1v) is 5.67. The Labute approximate surface area is 88.1 Å². The molecule has 0 aromatic heterocycles. The summed E-state index contributed by atoms with van der Waals surface area (Å²) >= 11 is 0. The number of rotatable bonds is 5. The Kier molecular flexibility index (Phi) is 5.00. The van der Waals surface area contributed by atoms with E-state index in [1.165, 1.54) is 19.4 Å². The second-order valence-corrected chi connectivity index (χ2v) is 4.23. The van der Waals surface area contributed by atoms with Crippen molar-refractivity contribution in [1.82, 2.24) is 10.2 Å². The lowest BCUT2D eigenvalue weighted by atomic mass is 10.0. The Balaban J connectivity index is 2.34. The summed E-state index contributed by atoms with van der Waals surface area (Å²) in [5.41, 5.74) is 0. The van der Waals surface area contributed by atoms with Gasteiger partial charge in [-0.05, 0) is 38.8 Å². The fourth-order valence-electron chi connectivity index (χ4n) is 2.17. The van der Waals surface area contributed by atoms with Gasteiger partial charge in [-0.25, -0.2) is 0 Å². The molecule has 0 amide bonds. The Hall–Kier alpha value is -0.520.